The van der Waals surface area contributed by atoms with E-state index in [0.29, 0.717) is 4.99 Å². The standard InChI is InChI=1S/C13H22N4S/c1-9-11(12(14)18)13(17(3)15-9)16(2)8-10-6-4-5-7-10/h10H,4-8H2,1-3H3,(H2,14,18). The average molecular weight is 266 g/mol. The molecule has 1 heterocycles. The Labute approximate surface area is 114 Å². The van der Waals surface area contributed by atoms with Gasteiger partial charge in [-0.2, -0.15) is 5.10 Å². The first-order valence-electron chi connectivity index (χ1n) is 6.55. The van der Waals surface area contributed by atoms with Gasteiger partial charge >= 0.3 is 0 Å². The highest BCUT2D eigenvalue weighted by molar-refractivity contribution is 7.80. The molecule has 1 fully saturated rings. The van der Waals surface area contributed by atoms with Gasteiger partial charge in [0, 0.05) is 20.6 Å². The molecule has 0 aliphatic heterocycles. The van der Waals surface area contributed by atoms with Crippen LogP contribution in [-0.4, -0.2) is 28.4 Å². The van der Waals surface area contributed by atoms with Gasteiger partial charge in [-0.25, -0.2) is 0 Å². The second kappa shape index (κ2) is 5.26. The van der Waals surface area contributed by atoms with E-state index >= 15 is 0 Å². The van der Waals surface area contributed by atoms with Gasteiger partial charge in [-0.3, -0.25) is 4.68 Å². The molecule has 0 radical (unpaired) electrons. The van der Waals surface area contributed by atoms with E-state index in [1.165, 1.54) is 25.7 Å². The van der Waals surface area contributed by atoms with Crippen LogP contribution in [0.4, 0.5) is 5.82 Å². The van der Waals surface area contributed by atoms with Crippen LogP contribution in [0, 0.1) is 12.8 Å². The molecule has 100 valence electrons. The molecule has 0 spiro atoms. The lowest BCUT2D eigenvalue weighted by molar-refractivity contribution is 0.539. The molecule has 0 unspecified atom stereocenters. The summed E-state index contributed by atoms with van der Waals surface area (Å²) in [7, 11) is 4.06. The van der Waals surface area contributed by atoms with Crippen LogP contribution in [0.15, 0.2) is 0 Å². The molecule has 2 rings (SSSR count). The lowest BCUT2D eigenvalue weighted by Gasteiger charge is -2.24. The van der Waals surface area contributed by atoms with Crippen molar-refractivity contribution in [2.45, 2.75) is 32.6 Å². The third kappa shape index (κ3) is 2.51. The Morgan fingerprint density at radius 2 is 2.11 bits per heavy atom. The van der Waals surface area contributed by atoms with Crippen LogP contribution >= 0.6 is 12.2 Å². The van der Waals surface area contributed by atoms with Crippen LogP contribution in [0.5, 0.6) is 0 Å². The first-order valence-corrected chi connectivity index (χ1v) is 6.96. The summed E-state index contributed by atoms with van der Waals surface area (Å²) < 4.78 is 1.89. The number of nitrogens with two attached hydrogens (primary N) is 1. The summed E-state index contributed by atoms with van der Waals surface area (Å²) >= 11 is 5.15. The second-order valence-corrected chi connectivity index (χ2v) is 5.74. The lowest BCUT2D eigenvalue weighted by Crippen LogP contribution is -2.28. The number of hydrogen-bond donors (Lipinski definition) is 1. The van der Waals surface area contributed by atoms with E-state index in [9.17, 15) is 0 Å². The molecule has 4 nitrogen and oxygen atoms in total. The van der Waals surface area contributed by atoms with Crippen molar-refractivity contribution in [1.82, 2.24) is 9.78 Å². The topological polar surface area (TPSA) is 47.1 Å². The minimum Gasteiger partial charge on any atom is -0.389 e. The fraction of sp³-hybridized carbons (Fsp3) is 0.692. The van der Waals surface area contributed by atoms with E-state index in [4.69, 9.17) is 18.0 Å². The molecule has 0 aromatic carbocycles. The largest absolute Gasteiger partial charge is 0.389 e. The zero-order chi connectivity index (χ0) is 13.3. The van der Waals surface area contributed by atoms with E-state index in [1.807, 2.05) is 18.7 Å². The molecule has 1 aromatic heterocycles. The van der Waals surface area contributed by atoms with Crippen LogP contribution in [0.3, 0.4) is 0 Å². The van der Waals surface area contributed by atoms with E-state index in [2.05, 4.69) is 17.0 Å². The minimum absolute atomic E-state index is 0.439. The Morgan fingerprint density at radius 1 is 1.50 bits per heavy atom. The van der Waals surface area contributed by atoms with Crippen molar-refractivity contribution in [3.63, 3.8) is 0 Å². The Morgan fingerprint density at radius 3 is 2.67 bits per heavy atom. The molecule has 0 amide bonds. The van der Waals surface area contributed by atoms with E-state index < -0.39 is 0 Å². The Kier molecular flexibility index (Phi) is 3.90. The van der Waals surface area contributed by atoms with Gasteiger partial charge in [0.15, 0.2) is 0 Å². The van der Waals surface area contributed by atoms with Crippen LogP contribution < -0.4 is 10.6 Å². The number of anilines is 1. The third-order valence-corrected chi connectivity index (χ3v) is 4.01. The number of nitrogens with zero attached hydrogens (tertiary/aromatic N) is 3. The van der Waals surface area contributed by atoms with Gasteiger partial charge in [-0.1, -0.05) is 25.1 Å². The average Bonchev–Trinajstić information content (AvgIpc) is 2.85. The zero-order valence-corrected chi connectivity index (χ0v) is 12.3. The van der Waals surface area contributed by atoms with Crippen molar-refractivity contribution in [2.75, 3.05) is 18.5 Å². The summed E-state index contributed by atoms with van der Waals surface area (Å²) in [4.78, 5) is 2.69. The third-order valence-electron chi connectivity index (χ3n) is 3.81. The Bertz CT molecular complexity index is 446. The van der Waals surface area contributed by atoms with Crippen molar-refractivity contribution in [1.29, 1.82) is 0 Å². The minimum atomic E-state index is 0.439. The first kappa shape index (κ1) is 13.3. The maximum atomic E-state index is 5.83. The molecular formula is C13H22N4S. The molecule has 1 saturated carbocycles. The van der Waals surface area contributed by atoms with Gasteiger partial charge < -0.3 is 10.6 Å². The molecule has 1 aromatic rings. The van der Waals surface area contributed by atoms with Gasteiger partial charge in [-0.15, -0.1) is 0 Å². The number of hydrogen-bond acceptors (Lipinski definition) is 3. The van der Waals surface area contributed by atoms with Crippen LogP contribution in [0.1, 0.15) is 36.9 Å². The normalized spacial score (nSPS) is 16.2. The van der Waals surface area contributed by atoms with E-state index in [0.717, 1.165) is 29.5 Å². The molecule has 0 atom stereocenters. The molecule has 0 bridgehead atoms. The predicted molar refractivity (Wildman–Crippen MR) is 79.1 cm³/mol. The summed E-state index contributed by atoms with van der Waals surface area (Å²) in [5, 5.41) is 4.44. The molecule has 1 aliphatic carbocycles. The smallest absolute Gasteiger partial charge is 0.136 e. The molecule has 5 heteroatoms. The number of aryl methyl sites for hydroxylation is 2. The van der Waals surface area contributed by atoms with Crippen molar-refractivity contribution in [3.8, 4) is 0 Å². The van der Waals surface area contributed by atoms with E-state index in [1.54, 1.807) is 0 Å². The summed E-state index contributed by atoms with van der Waals surface area (Å²) in [6, 6.07) is 0. The van der Waals surface area contributed by atoms with Crippen molar-refractivity contribution >= 4 is 23.0 Å². The highest BCUT2D eigenvalue weighted by Gasteiger charge is 2.22. The van der Waals surface area contributed by atoms with Gasteiger partial charge in [0.05, 0.1) is 11.3 Å². The summed E-state index contributed by atoms with van der Waals surface area (Å²) in [5.74, 6) is 1.84. The van der Waals surface area contributed by atoms with Crippen molar-refractivity contribution in [3.05, 3.63) is 11.3 Å². The van der Waals surface area contributed by atoms with Gasteiger partial charge in [0.2, 0.25) is 0 Å². The number of thiocarbonyl (C=S) groups is 1. The van der Waals surface area contributed by atoms with Gasteiger partial charge in [-0.05, 0) is 25.7 Å². The highest BCUT2D eigenvalue weighted by Crippen LogP contribution is 2.28. The Balaban J connectivity index is 2.23. The van der Waals surface area contributed by atoms with Crippen molar-refractivity contribution in [2.24, 2.45) is 18.7 Å². The highest BCUT2D eigenvalue weighted by atomic mass is 32.1. The number of aromatic nitrogens is 2. The summed E-state index contributed by atoms with van der Waals surface area (Å²) in [5.41, 5.74) is 7.67. The second-order valence-electron chi connectivity index (χ2n) is 5.30. The maximum absolute atomic E-state index is 5.83. The molecule has 0 saturated heterocycles. The maximum Gasteiger partial charge on any atom is 0.136 e. The fourth-order valence-electron chi connectivity index (χ4n) is 3.04. The monoisotopic (exact) mass is 266 g/mol. The SMILES string of the molecule is Cc1nn(C)c(N(C)CC2CCCC2)c1C(N)=S. The lowest BCUT2D eigenvalue weighted by atomic mass is 10.1. The molecule has 1 aliphatic rings. The Hall–Kier alpha value is -1.10. The summed E-state index contributed by atoms with van der Waals surface area (Å²) in [6.45, 7) is 3.02. The fourth-order valence-corrected chi connectivity index (χ4v) is 3.28. The van der Waals surface area contributed by atoms with Crippen molar-refractivity contribution < 1.29 is 0 Å². The van der Waals surface area contributed by atoms with Crippen LogP contribution in [0.25, 0.3) is 0 Å². The first-order chi connectivity index (χ1) is 8.50. The summed E-state index contributed by atoms with van der Waals surface area (Å²) in [6.07, 6.45) is 5.41. The quantitative estimate of drug-likeness (QED) is 0.847. The van der Waals surface area contributed by atoms with Crippen LogP contribution in [0.2, 0.25) is 0 Å². The van der Waals surface area contributed by atoms with Gasteiger partial charge in [0.25, 0.3) is 0 Å². The van der Waals surface area contributed by atoms with E-state index in [-0.39, 0.29) is 0 Å². The number of rotatable bonds is 4. The molecule has 2 N–H and O–H groups in total. The zero-order valence-electron chi connectivity index (χ0n) is 11.4. The van der Waals surface area contributed by atoms with Gasteiger partial charge in [0.1, 0.15) is 10.8 Å². The van der Waals surface area contributed by atoms with Crippen LogP contribution in [-0.2, 0) is 7.05 Å². The molecule has 18 heavy (non-hydrogen) atoms. The molecular weight excluding hydrogens is 244 g/mol. The predicted octanol–water partition coefficient (Wildman–Crippen LogP) is 1.99.